The molecule has 2 aromatic heterocycles. The number of nitrogens with zero attached hydrogens (tertiary/aromatic N) is 2. The largest absolute Gasteiger partial charge is 0.455 e. The Morgan fingerprint density at radius 2 is 1.91 bits per heavy atom. The van der Waals surface area contributed by atoms with Gasteiger partial charge in [0.05, 0.1) is 16.7 Å². The number of carbonyl (C=O) groups is 1. The molecular formula is C27H23N3O4S. The van der Waals surface area contributed by atoms with Crippen LogP contribution in [0.1, 0.15) is 45.0 Å². The van der Waals surface area contributed by atoms with Crippen LogP contribution in [0.4, 0.5) is 16.4 Å². The number of hydrogen-bond acceptors (Lipinski definition) is 6. The number of carbonyl (C=O) groups excluding carboxylic acids is 1. The Bertz CT molecular complexity index is 1440. The first-order valence-electron chi connectivity index (χ1n) is 11.4. The molecular weight excluding hydrogens is 462 g/mol. The Balaban J connectivity index is 1.45. The molecule has 35 heavy (non-hydrogen) atoms. The number of amides is 1. The summed E-state index contributed by atoms with van der Waals surface area (Å²) in [7, 11) is 0. The normalized spacial score (nSPS) is 13.1. The van der Waals surface area contributed by atoms with Crippen molar-refractivity contribution in [3.8, 4) is 11.3 Å². The number of hydrogen-bond donors (Lipinski definition) is 1. The maximum absolute atomic E-state index is 13.2. The van der Waals surface area contributed by atoms with E-state index in [0.29, 0.717) is 27.6 Å². The number of non-ortho nitro benzene ring substituents is 1. The topological polar surface area (TPSA) is 97.7 Å². The van der Waals surface area contributed by atoms with Gasteiger partial charge in [-0.3, -0.25) is 14.9 Å². The summed E-state index contributed by atoms with van der Waals surface area (Å²) in [6, 6.07) is 17.6. The Morgan fingerprint density at radius 3 is 2.71 bits per heavy atom. The molecule has 0 unspecified atom stereocenters. The predicted octanol–water partition coefficient (Wildman–Crippen LogP) is 7.11. The van der Waals surface area contributed by atoms with Crippen LogP contribution < -0.4 is 5.32 Å². The van der Waals surface area contributed by atoms with Gasteiger partial charge in [-0.15, -0.1) is 11.3 Å². The van der Waals surface area contributed by atoms with Gasteiger partial charge in [-0.2, -0.15) is 0 Å². The zero-order chi connectivity index (χ0) is 24.4. The number of furan rings is 1. The monoisotopic (exact) mass is 485 g/mol. The minimum Gasteiger partial charge on any atom is -0.455 e. The SMILES string of the molecule is Cc1ccc([N+](=O)[O-])cc1-c1ccc(C=Nc2sc3c(c2C(=O)Nc2ccccc2)CCCC3)o1. The van der Waals surface area contributed by atoms with Crippen LogP contribution in [0.3, 0.4) is 0 Å². The van der Waals surface area contributed by atoms with Gasteiger partial charge in [-0.05, 0) is 68.0 Å². The smallest absolute Gasteiger partial charge is 0.270 e. The lowest BCUT2D eigenvalue weighted by molar-refractivity contribution is -0.384. The van der Waals surface area contributed by atoms with Crippen molar-refractivity contribution in [2.75, 3.05) is 5.32 Å². The highest BCUT2D eigenvalue weighted by Gasteiger charge is 2.25. The molecule has 176 valence electrons. The van der Waals surface area contributed by atoms with Crippen LogP contribution >= 0.6 is 11.3 Å². The highest BCUT2D eigenvalue weighted by atomic mass is 32.1. The zero-order valence-corrected chi connectivity index (χ0v) is 19.9. The lowest BCUT2D eigenvalue weighted by Crippen LogP contribution is -2.14. The third-order valence-electron chi connectivity index (χ3n) is 6.04. The van der Waals surface area contributed by atoms with Crippen molar-refractivity contribution in [2.24, 2.45) is 4.99 Å². The summed E-state index contributed by atoms with van der Waals surface area (Å²) in [6.07, 6.45) is 5.60. The fraction of sp³-hybridized carbons (Fsp3) is 0.185. The molecule has 0 fully saturated rings. The van der Waals surface area contributed by atoms with Gasteiger partial charge in [0, 0.05) is 28.3 Å². The molecule has 0 saturated carbocycles. The fourth-order valence-corrected chi connectivity index (χ4v) is 5.50. The van der Waals surface area contributed by atoms with E-state index < -0.39 is 4.92 Å². The van der Waals surface area contributed by atoms with Crippen LogP contribution in [0.5, 0.6) is 0 Å². The minimum absolute atomic E-state index is 0.00968. The molecule has 5 rings (SSSR count). The molecule has 7 nitrogen and oxygen atoms in total. The second kappa shape index (κ2) is 9.68. The predicted molar refractivity (Wildman–Crippen MR) is 138 cm³/mol. The standard InChI is InChI=1S/C27H23N3O4S/c1-17-11-12-19(30(32)33)15-22(17)23-14-13-20(34-23)16-28-27-25(21-9-5-6-10-24(21)35-27)26(31)29-18-7-3-2-4-8-18/h2-4,7-8,11-16H,5-6,9-10H2,1H3,(H,29,31). The van der Waals surface area contributed by atoms with Crippen LogP contribution in [0, 0.1) is 17.0 Å². The number of rotatable bonds is 6. The highest BCUT2D eigenvalue weighted by molar-refractivity contribution is 7.16. The lowest BCUT2D eigenvalue weighted by atomic mass is 9.95. The number of aliphatic imine (C=N–C) groups is 1. The summed E-state index contributed by atoms with van der Waals surface area (Å²) in [5, 5.41) is 14.8. The summed E-state index contributed by atoms with van der Waals surface area (Å²) in [4.78, 5) is 29.8. The van der Waals surface area contributed by atoms with Crippen molar-refractivity contribution in [1.29, 1.82) is 0 Å². The minimum atomic E-state index is -0.422. The van der Waals surface area contributed by atoms with Crippen LogP contribution in [0.25, 0.3) is 11.3 Å². The van der Waals surface area contributed by atoms with Crippen LogP contribution in [-0.2, 0) is 12.8 Å². The Labute approximate surface area is 206 Å². The Kier molecular flexibility index (Phi) is 6.29. The van der Waals surface area contributed by atoms with E-state index >= 15 is 0 Å². The summed E-state index contributed by atoms with van der Waals surface area (Å²) in [5.41, 5.74) is 4.01. The zero-order valence-electron chi connectivity index (χ0n) is 19.1. The molecule has 2 aromatic carbocycles. The molecule has 1 amide bonds. The molecule has 1 aliphatic carbocycles. The third kappa shape index (κ3) is 4.79. The quantitative estimate of drug-likeness (QED) is 0.179. The molecule has 0 spiro atoms. The molecule has 0 radical (unpaired) electrons. The lowest BCUT2D eigenvalue weighted by Gasteiger charge is -2.12. The Morgan fingerprint density at radius 1 is 1.11 bits per heavy atom. The van der Waals surface area contributed by atoms with E-state index in [9.17, 15) is 14.9 Å². The van der Waals surface area contributed by atoms with Crippen LogP contribution in [-0.4, -0.2) is 17.0 Å². The number of nitro groups is 1. The summed E-state index contributed by atoms with van der Waals surface area (Å²) in [6.45, 7) is 1.88. The number of nitrogens with one attached hydrogen (secondary N) is 1. The first-order chi connectivity index (χ1) is 17.0. The van der Waals surface area contributed by atoms with Gasteiger partial charge in [0.1, 0.15) is 16.5 Å². The summed E-state index contributed by atoms with van der Waals surface area (Å²) < 4.78 is 5.94. The molecule has 0 saturated heterocycles. The van der Waals surface area contributed by atoms with Crippen molar-refractivity contribution < 1.29 is 14.1 Å². The maximum atomic E-state index is 13.2. The van der Waals surface area contributed by atoms with E-state index in [1.54, 1.807) is 35.8 Å². The average Bonchev–Trinajstić information content (AvgIpc) is 3.48. The van der Waals surface area contributed by atoms with Crippen molar-refractivity contribution >= 4 is 39.8 Å². The second-order valence-corrected chi connectivity index (χ2v) is 9.51. The average molecular weight is 486 g/mol. The molecule has 0 aliphatic heterocycles. The number of aryl methyl sites for hydroxylation is 2. The van der Waals surface area contributed by atoms with Gasteiger partial charge in [0.15, 0.2) is 0 Å². The second-order valence-electron chi connectivity index (χ2n) is 8.43. The molecule has 4 aromatic rings. The summed E-state index contributed by atoms with van der Waals surface area (Å²) >= 11 is 1.56. The van der Waals surface area contributed by atoms with Crippen molar-refractivity contribution in [3.63, 3.8) is 0 Å². The molecule has 8 heteroatoms. The fourth-order valence-electron chi connectivity index (χ4n) is 4.27. The van der Waals surface area contributed by atoms with Crippen molar-refractivity contribution in [1.82, 2.24) is 0 Å². The number of fused-ring (bicyclic) bond motifs is 1. The van der Waals surface area contributed by atoms with E-state index in [0.717, 1.165) is 42.5 Å². The third-order valence-corrected chi connectivity index (χ3v) is 7.24. The van der Waals surface area contributed by atoms with Gasteiger partial charge < -0.3 is 9.73 Å². The van der Waals surface area contributed by atoms with E-state index in [4.69, 9.17) is 4.42 Å². The number of para-hydroxylation sites is 1. The van der Waals surface area contributed by atoms with Gasteiger partial charge in [0.2, 0.25) is 0 Å². The van der Waals surface area contributed by atoms with E-state index in [2.05, 4.69) is 10.3 Å². The number of thiophene rings is 1. The van der Waals surface area contributed by atoms with E-state index in [1.165, 1.54) is 17.0 Å². The number of benzene rings is 2. The van der Waals surface area contributed by atoms with Gasteiger partial charge in [-0.25, -0.2) is 4.99 Å². The maximum Gasteiger partial charge on any atom is 0.270 e. The molecule has 0 atom stereocenters. The molecule has 1 N–H and O–H groups in total. The molecule has 2 heterocycles. The van der Waals surface area contributed by atoms with Crippen molar-refractivity contribution in [3.05, 3.63) is 98.1 Å². The van der Waals surface area contributed by atoms with Crippen LogP contribution in [0.15, 0.2) is 70.1 Å². The van der Waals surface area contributed by atoms with Crippen LogP contribution in [0.2, 0.25) is 0 Å². The van der Waals surface area contributed by atoms with Gasteiger partial charge >= 0.3 is 0 Å². The van der Waals surface area contributed by atoms with E-state index in [1.807, 2.05) is 37.3 Å². The summed E-state index contributed by atoms with van der Waals surface area (Å²) in [5.74, 6) is 0.877. The molecule has 1 aliphatic rings. The number of nitro benzene ring substituents is 1. The van der Waals surface area contributed by atoms with Crippen molar-refractivity contribution in [2.45, 2.75) is 32.6 Å². The first kappa shape index (κ1) is 22.7. The highest BCUT2D eigenvalue weighted by Crippen LogP contribution is 2.40. The van der Waals surface area contributed by atoms with Gasteiger partial charge in [0.25, 0.3) is 11.6 Å². The van der Waals surface area contributed by atoms with E-state index in [-0.39, 0.29) is 11.6 Å². The molecule has 0 bridgehead atoms. The number of anilines is 1. The van der Waals surface area contributed by atoms with Gasteiger partial charge in [-0.1, -0.05) is 24.3 Å². The Hall–Kier alpha value is -4.04. The first-order valence-corrected chi connectivity index (χ1v) is 12.2.